The van der Waals surface area contributed by atoms with E-state index in [1.54, 1.807) is 0 Å². The van der Waals surface area contributed by atoms with E-state index in [0.29, 0.717) is 28.6 Å². The smallest absolute Gasteiger partial charge is 0.277 e. The number of aryl methyl sites for hydroxylation is 1. The van der Waals surface area contributed by atoms with Crippen molar-refractivity contribution >= 4 is 11.8 Å². The molecule has 2 aromatic heterocycles. The molecule has 3 aromatic rings. The molecule has 0 aliphatic rings. The van der Waals surface area contributed by atoms with Crippen molar-refractivity contribution in [2.24, 2.45) is 0 Å². The normalized spacial score (nSPS) is 10.8. The predicted molar refractivity (Wildman–Crippen MR) is 73.0 cm³/mol. The highest BCUT2D eigenvalue weighted by atomic mass is 32.2. The van der Waals surface area contributed by atoms with Gasteiger partial charge in [0.1, 0.15) is 0 Å². The van der Waals surface area contributed by atoms with Gasteiger partial charge in [-0.1, -0.05) is 36.9 Å². The summed E-state index contributed by atoms with van der Waals surface area (Å²) in [5, 5.41) is 16.3. The molecule has 1 aromatic carbocycles. The molecular weight excluding hydrogens is 276 g/mol. The van der Waals surface area contributed by atoms with Crippen LogP contribution < -0.4 is 0 Å². The van der Waals surface area contributed by atoms with E-state index in [0.717, 1.165) is 12.0 Å². The maximum atomic E-state index is 5.58. The summed E-state index contributed by atoms with van der Waals surface area (Å²) in [6, 6.07) is 9.64. The van der Waals surface area contributed by atoms with Crippen LogP contribution in [0.3, 0.4) is 0 Å². The molecule has 0 saturated heterocycles. The Kier molecular flexibility index (Phi) is 3.78. The summed E-state index contributed by atoms with van der Waals surface area (Å²) in [5.41, 5.74) is 0.901. The van der Waals surface area contributed by atoms with Crippen molar-refractivity contribution in [1.82, 2.24) is 20.4 Å². The van der Waals surface area contributed by atoms with Gasteiger partial charge in [0.25, 0.3) is 5.22 Å². The average molecular weight is 288 g/mol. The molecule has 0 unspecified atom stereocenters. The highest BCUT2D eigenvalue weighted by Gasteiger charge is 2.11. The monoisotopic (exact) mass is 288 g/mol. The van der Waals surface area contributed by atoms with Crippen LogP contribution in [-0.2, 0) is 12.2 Å². The lowest BCUT2D eigenvalue weighted by atomic mass is 10.2. The van der Waals surface area contributed by atoms with E-state index in [-0.39, 0.29) is 0 Å². The molecule has 0 aliphatic heterocycles. The fraction of sp³-hybridized carbons (Fsp3) is 0.231. The van der Waals surface area contributed by atoms with Gasteiger partial charge >= 0.3 is 0 Å². The molecule has 0 atom stereocenters. The molecule has 7 heteroatoms. The van der Waals surface area contributed by atoms with Crippen LogP contribution in [0.25, 0.3) is 11.5 Å². The summed E-state index contributed by atoms with van der Waals surface area (Å²) in [4.78, 5) is 0. The van der Waals surface area contributed by atoms with Crippen LogP contribution in [0, 0.1) is 0 Å². The first kappa shape index (κ1) is 12.9. The summed E-state index contributed by atoms with van der Waals surface area (Å²) >= 11 is 1.38. The van der Waals surface area contributed by atoms with Crippen LogP contribution in [0.15, 0.2) is 44.4 Å². The van der Waals surface area contributed by atoms with Gasteiger partial charge in [0.2, 0.25) is 17.7 Å². The van der Waals surface area contributed by atoms with E-state index in [2.05, 4.69) is 20.4 Å². The van der Waals surface area contributed by atoms with Crippen molar-refractivity contribution in [2.45, 2.75) is 24.3 Å². The van der Waals surface area contributed by atoms with Gasteiger partial charge in [-0.3, -0.25) is 0 Å². The van der Waals surface area contributed by atoms with Crippen LogP contribution >= 0.6 is 11.8 Å². The number of hydrogen-bond donors (Lipinski definition) is 0. The van der Waals surface area contributed by atoms with Crippen LogP contribution in [0.2, 0.25) is 0 Å². The number of hydrogen-bond acceptors (Lipinski definition) is 7. The van der Waals surface area contributed by atoms with E-state index >= 15 is 0 Å². The first-order valence-corrected chi connectivity index (χ1v) is 7.16. The summed E-state index contributed by atoms with van der Waals surface area (Å²) in [5.74, 6) is 2.22. The molecule has 3 rings (SSSR count). The summed E-state index contributed by atoms with van der Waals surface area (Å²) in [6.45, 7) is 1.97. The fourth-order valence-corrected chi connectivity index (χ4v) is 2.18. The highest BCUT2D eigenvalue weighted by Crippen LogP contribution is 2.25. The quantitative estimate of drug-likeness (QED) is 0.668. The lowest BCUT2D eigenvalue weighted by molar-refractivity contribution is 0.458. The third kappa shape index (κ3) is 2.88. The second kappa shape index (κ2) is 5.87. The van der Waals surface area contributed by atoms with E-state index in [9.17, 15) is 0 Å². The lowest BCUT2D eigenvalue weighted by Crippen LogP contribution is -1.80. The van der Waals surface area contributed by atoms with Crippen molar-refractivity contribution in [2.75, 3.05) is 0 Å². The van der Waals surface area contributed by atoms with Gasteiger partial charge in [-0.15, -0.1) is 20.4 Å². The van der Waals surface area contributed by atoms with Gasteiger partial charge < -0.3 is 8.83 Å². The Labute approximate surface area is 119 Å². The molecule has 0 fully saturated rings. The topological polar surface area (TPSA) is 77.8 Å². The number of thioether (sulfide) groups is 1. The Morgan fingerprint density at radius 2 is 1.75 bits per heavy atom. The minimum Gasteiger partial charge on any atom is -0.424 e. The van der Waals surface area contributed by atoms with Crippen LogP contribution in [0.1, 0.15) is 18.7 Å². The summed E-state index contributed by atoms with van der Waals surface area (Å²) in [6.07, 6.45) is 0.733. The zero-order valence-corrected chi connectivity index (χ0v) is 11.6. The van der Waals surface area contributed by atoms with Gasteiger partial charge in [0.05, 0.1) is 5.75 Å². The van der Waals surface area contributed by atoms with Crippen LogP contribution in [0.5, 0.6) is 0 Å². The molecule has 0 radical (unpaired) electrons. The Balaban J connectivity index is 1.65. The Bertz CT molecular complexity index is 681. The Morgan fingerprint density at radius 3 is 2.50 bits per heavy atom. The summed E-state index contributed by atoms with van der Waals surface area (Å²) in [7, 11) is 0. The molecule has 0 amide bonds. The van der Waals surface area contributed by atoms with E-state index < -0.39 is 0 Å². The standard InChI is InChI=1S/C13H12N4O2S/c1-2-10-14-15-11(18-10)8-20-13-17-16-12(19-13)9-6-4-3-5-7-9/h3-7H,2,8H2,1H3. The highest BCUT2D eigenvalue weighted by molar-refractivity contribution is 7.98. The van der Waals surface area contributed by atoms with Gasteiger partial charge in [0, 0.05) is 12.0 Å². The molecule has 102 valence electrons. The zero-order valence-electron chi connectivity index (χ0n) is 10.8. The predicted octanol–water partition coefficient (Wildman–Crippen LogP) is 2.97. The maximum absolute atomic E-state index is 5.58. The zero-order chi connectivity index (χ0) is 13.8. The third-order valence-corrected chi connectivity index (χ3v) is 3.36. The maximum Gasteiger partial charge on any atom is 0.277 e. The second-order valence-electron chi connectivity index (χ2n) is 3.97. The molecule has 2 heterocycles. The Hall–Kier alpha value is -2.15. The van der Waals surface area contributed by atoms with Gasteiger partial charge in [-0.05, 0) is 12.1 Å². The molecular formula is C13H12N4O2S. The van der Waals surface area contributed by atoms with E-state index in [1.807, 2.05) is 37.3 Å². The molecule has 0 N–H and O–H groups in total. The Morgan fingerprint density at radius 1 is 0.950 bits per heavy atom. The van der Waals surface area contributed by atoms with Crippen LogP contribution in [0.4, 0.5) is 0 Å². The van der Waals surface area contributed by atoms with Crippen molar-refractivity contribution < 1.29 is 8.83 Å². The van der Waals surface area contributed by atoms with Gasteiger partial charge in [-0.25, -0.2) is 0 Å². The number of benzene rings is 1. The fourth-order valence-electron chi connectivity index (χ4n) is 1.58. The van der Waals surface area contributed by atoms with Crippen molar-refractivity contribution in [3.8, 4) is 11.5 Å². The molecule has 0 aliphatic carbocycles. The van der Waals surface area contributed by atoms with E-state index in [1.165, 1.54) is 11.8 Å². The summed E-state index contributed by atoms with van der Waals surface area (Å²) < 4.78 is 11.0. The minimum atomic E-state index is 0.486. The lowest BCUT2D eigenvalue weighted by Gasteiger charge is -1.92. The number of rotatable bonds is 5. The number of nitrogens with zero attached hydrogens (tertiary/aromatic N) is 4. The molecule has 6 nitrogen and oxygen atoms in total. The average Bonchev–Trinajstić information content (AvgIpc) is 3.15. The number of aromatic nitrogens is 4. The van der Waals surface area contributed by atoms with E-state index in [4.69, 9.17) is 8.83 Å². The SMILES string of the molecule is CCc1nnc(CSc2nnc(-c3ccccc3)o2)o1. The van der Waals surface area contributed by atoms with Crippen molar-refractivity contribution in [3.63, 3.8) is 0 Å². The third-order valence-electron chi connectivity index (χ3n) is 2.56. The first-order valence-electron chi connectivity index (χ1n) is 6.18. The first-order chi connectivity index (χ1) is 9.85. The van der Waals surface area contributed by atoms with Crippen LogP contribution in [-0.4, -0.2) is 20.4 Å². The van der Waals surface area contributed by atoms with Crippen molar-refractivity contribution in [3.05, 3.63) is 42.1 Å². The largest absolute Gasteiger partial charge is 0.424 e. The minimum absolute atomic E-state index is 0.486. The molecule has 20 heavy (non-hydrogen) atoms. The molecule has 0 saturated carbocycles. The van der Waals surface area contributed by atoms with Gasteiger partial charge in [0.15, 0.2) is 0 Å². The van der Waals surface area contributed by atoms with Crippen molar-refractivity contribution in [1.29, 1.82) is 0 Å². The second-order valence-corrected chi connectivity index (χ2v) is 4.90. The molecule has 0 spiro atoms. The van der Waals surface area contributed by atoms with Gasteiger partial charge in [-0.2, -0.15) is 0 Å². The molecule has 0 bridgehead atoms.